The van der Waals surface area contributed by atoms with Crippen molar-refractivity contribution in [3.8, 4) is 0 Å². The molecule has 0 amide bonds. The molecule has 0 fully saturated rings. The zero-order valence-electron chi connectivity index (χ0n) is 9.50. The summed E-state index contributed by atoms with van der Waals surface area (Å²) in [4.78, 5) is 12.8. The van der Waals surface area contributed by atoms with E-state index < -0.39 is 0 Å². The van der Waals surface area contributed by atoms with Crippen LogP contribution in [0.5, 0.6) is 0 Å². The fourth-order valence-corrected chi connectivity index (χ4v) is 2.70. The van der Waals surface area contributed by atoms with Crippen molar-refractivity contribution >= 4 is 32.4 Å². The van der Waals surface area contributed by atoms with Gasteiger partial charge in [0, 0.05) is 24.5 Å². The van der Waals surface area contributed by atoms with Crippen molar-refractivity contribution in [3.63, 3.8) is 0 Å². The van der Waals surface area contributed by atoms with E-state index in [1.165, 1.54) is 11.3 Å². The van der Waals surface area contributed by atoms with Crippen molar-refractivity contribution in [2.45, 2.75) is 6.42 Å². The maximum atomic E-state index is 5.88. The van der Waals surface area contributed by atoms with Gasteiger partial charge in [-0.25, -0.2) is 15.0 Å². The average Bonchev–Trinajstić information content (AvgIpc) is 2.71. The lowest BCUT2D eigenvalue weighted by atomic mass is 10.1. The van der Waals surface area contributed by atoms with E-state index in [0.29, 0.717) is 17.2 Å². The van der Waals surface area contributed by atoms with Gasteiger partial charge in [0.15, 0.2) is 5.13 Å². The first-order valence-electron chi connectivity index (χ1n) is 5.42. The van der Waals surface area contributed by atoms with Gasteiger partial charge in [0.25, 0.3) is 0 Å². The Balaban J connectivity index is 2.10. The number of hydrogen-bond donors (Lipinski definition) is 2. The van der Waals surface area contributed by atoms with Crippen LogP contribution in [0.3, 0.4) is 0 Å². The Morgan fingerprint density at radius 1 is 1.11 bits per heavy atom. The molecule has 0 atom stereocenters. The summed E-state index contributed by atoms with van der Waals surface area (Å²) in [6.45, 7) is 0. The summed E-state index contributed by atoms with van der Waals surface area (Å²) in [6, 6.07) is 5.58. The molecule has 90 valence electrons. The molecule has 1 aromatic carbocycles. The van der Waals surface area contributed by atoms with Crippen LogP contribution in [0.2, 0.25) is 0 Å². The Bertz CT molecular complexity index is 692. The van der Waals surface area contributed by atoms with Gasteiger partial charge in [-0.2, -0.15) is 0 Å². The summed E-state index contributed by atoms with van der Waals surface area (Å²) >= 11 is 1.44. The SMILES string of the molecule is Nc1cc(Cc2ncccn2)c2nc(N)sc2c1. The van der Waals surface area contributed by atoms with Gasteiger partial charge in [-0.3, -0.25) is 0 Å². The van der Waals surface area contributed by atoms with Gasteiger partial charge in [-0.1, -0.05) is 11.3 Å². The summed E-state index contributed by atoms with van der Waals surface area (Å²) in [7, 11) is 0. The van der Waals surface area contributed by atoms with Crippen molar-refractivity contribution in [2.75, 3.05) is 11.5 Å². The summed E-state index contributed by atoms with van der Waals surface area (Å²) < 4.78 is 0.999. The fourth-order valence-electron chi connectivity index (χ4n) is 1.87. The van der Waals surface area contributed by atoms with E-state index in [1.54, 1.807) is 18.5 Å². The number of hydrogen-bond acceptors (Lipinski definition) is 6. The number of rotatable bonds is 2. The molecule has 5 nitrogen and oxygen atoms in total. The van der Waals surface area contributed by atoms with Crippen molar-refractivity contribution in [2.24, 2.45) is 0 Å². The van der Waals surface area contributed by atoms with Crippen molar-refractivity contribution < 1.29 is 0 Å². The van der Waals surface area contributed by atoms with Crippen LogP contribution in [0.15, 0.2) is 30.6 Å². The van der Waals surface area contributed by atoms with Crippen LogP contribution >= 0.6 is 11.3 Å². The van der Waals surface area contributed by atoms with Crippen molar-refractivity contribution in [3.05, 3.63) is 42.0 Å². The molecule has 0 unspecified atom stereocenters. The normalized spacial score (nSPS) is 10.9. The molecule has 6 heteroatoms. The van der Waals surface area contributed by atoms with Gasteiger partial charge in [-0.15, -0.1) is 0 Å². The maximum absolute atomic E-state index is 5.88. The molecule has 0 aliphatic heterocycles. The highest BCUT2D eigenvalue weighted by Crippen LogP contribution is 2.29. The van der Waals surface area contributed by atoms with Crippen LogP contribution in [-0.4, -0.2) is 15.0 Å². The number of thiazole rings is 1. The van der Waals surface area contributed by atoms with Crippen LogP contribution < -0.4 is 11.5 Å². The van der Waals surface area contributed by atoms with Gasteiger partial charge in [0.2, 0.25) is 0 Å². The van der Waals surface area contributed by atoms with Crippen molar-refractivity contribution in [1.29, 1.82) is 0 Å². The van der Waals surface area contributed by atoms with E-state index in [0.717, 1.165) is 21.6 Å². The number of nitrogen functional groups attached to an aromatic ring is 2. The minimum absolute atomic E-state index is 0.547. The highest BCUT2D eigenvalue weighted by Gasteiger charge is 2.09. The second-order valence-corrected chi connectivity index (χ2v) is 4.98. The third-order valence-electron chi connectivity index (χ3n) is 2.58. The predicted molar refractivity (Wildman–Crippen MR) is 73.3 cm³/mol. The Labute approximate surface area is 108 Å². The van der Waals surface area contributed by atoms with E-state index >= 15 is 0 Å². The smallest absolute Gasteiger partial charge is 0.181 e. The Kier molecular flexibility index (Phi) is 2.56. The van der Waals surface area contributed by atoms with Crippen molar-refractivity contribution in [1.82, 2.24) is 15.0 Å². The molecule has 2 aromatic heterocycles. The molecule has 18 heavy (non-hydrogen) atoms. The van der Waals surface area contributed by atoms with E-state index in [2.05, 4.69) is 15.0 Å². The molecule has 0 aliphatic carbocycles. The largest absolute Gasteiger partial charge is 0.399 e. The molecular weight excluding hydrogens is 246 g/mol. The molecule has 3 rings (SSSR count). The lowest BCUT2D eigenvalue weighted by Gasteiger charge is -2.03. The lowest BCUT2D eigenvalue weighted by molar-refractivity contribution is 0.972. The predicted octanol–water partition coefficient (Wildman–Crippen LogP) is 1.84. The van der Waals surface area contributed by atoms with Gasteiger partial charge >= 0.3 is 0 Å². The van der Waals surface area contributed by atoms with E-state index in [9.17, 15) is 0 Å². The first-order chi connectivity index (χ1) is 8.72. The quantitative estimate of drug-likeness (QED) is 0.683. The Morgan fingerprint density at radius 2 is 1.89 bits per heavy atom. The Morgan fingerprint density at radius 3 is 2.67 bits per heavy atom. The molecule has 2 heterocycles. The second-order valence-electron chi connectivity index (χ2n) is 3.92. The van der Waals surface area contributed by atoms with Gasteiger partial charge < -0.3 is 11.5 Å². The standard InChI is InChI=1S/C12H11N5S/c13-8-4-7(5-10-15-2-1-3-16-10)11-9(6-8)18-12(14)17-11/h1-4,6H,5,13H2,(H2,14,17). The molecular formula is C12H11N5S. The molecule has 0 radical (unpaired) electrons. The minimum atomic E-state index is 0.547. The summed E-state index contributed by atoms with van der Waals surface area (Å²) in [5.74, 6) is 0.746. The molecule has 0 saturated carbocycles. The maximum Gasteiger partial charge on any atom is 0.181 e. The topological polar surface area (TPSA) is 90.7 Å². The van der Waals surface area contributed by atoms with Gasteiger partial charge in [0.05, 0.1) is 10.2 Å². The number of aromatic nitrogens is 3. The molecule has 0 saturated heterocycles. The molecule has 3 aromatic rings. The van der Waals surface area contributed by atoms with Gasteiger partial charge in [0.1, 0.15) is 5.82 Å². The highest BCUT2D eigenvalue weighted by atomic mass is 32.1. The van der Waals surface area contributed by atoms with E-state index in [1.807, 2.05) is 12.1 Å². The molecule has 0 bridgehead atoms. The van der Waals surface area contributed by atoms with Gasteiger partial charge in [-0.05, 0) is 23.8 Å². The van der Waals surface area contributed by atoms with Crippen LogP contribution in [0.1, 0.15) is 11.4 Å². The van der Waals surface area contributed by atoms with E-state index in [4.69, 9.17) is 11.5 Å². The molecule has 0 aliphatic rings. The average molecular weight is 257 g/mol. The zero-order chi connectivity index (χ0) is 12.5. The first kappa shape index (κ1) is 10.9. The fraction of sp³-hybridized carbons (Fsp3) is 0.0833. The summed E-state index contributed by atoms with van der Waals surface area (Å²) in [5.41, 5.74) is 14.2. The number of benzene rings is 1. The minimum Gasteiger partial charge on any atom is -0.399 e. The number of nitrogens with zero attached hydrogens (tertiary/aromatic N) is 3. The number of fused-ring (bicyclic) bond motifs is 1. The lowest BCUT2D eigenvalue weighted by Crippen LogP contribution is -1.97. The number of anilines is 2. The van der Waals surface area contributed by atoms with E-state index in [-0.39, 0.29) is 0 Å². The second kappa shape index (κ2) is 4.23. The highest BCUT2D eigenvalue weighted by molar-refractivity contribution is 7.22. The monoisotopic (exact) mass is 257 g/mol. The number of nitrogens with two attached hydrogens (primary N) is 2. The van der Waals surface area contributed by atoms with Crippen LogP contribution in [0, 0.1) is 0 Å². The van der Waals surface area contributed by atoms with Crippen LogP contribution in [0.4, 0.5) is 10.8 Å². The molecule has 0 spiro atoms. The summed E-state index contributed by atoms with van der Waals surface area (Å²) in [5, 5.41) is 0.547. The third-order valence-corrected chi connectivity index (χ3v) is 3.41. The zero-order valence-corrected chi connectivity index (χ0v) is 10.3. The summed E-state index contributed by atoms with van der Waals surface area (Å²) in [6.07, 6.45) is 4.05. The third kappa shape index (κ3) is 1.98. The first-order valence-corrected chi connectivity index (χ1v) is 6.24. The van der Waals surface area contributed by atoms with Crippen LogP contribution in [-0.2, 0) is 6.42 Å². The Hall–Kier alpha value is -2.21. The van der Waals surface area contributed by atoms with Crippen LogP contribution in [0.25, 0.3) is 10.2 Å². The molecule has 4 N–H and O–H groups in total.